The van der Waals surface area contributed by atoms with E-state index in [0.717, 1.165) is 18.5 Å². The second-order valence-electron chi connectivity index (χ2n) is 2.95. The molecule has 0 aliphatic rings. The maximum atomic E-state index is 10.6. The van der Waals surface area contributed by atoms with Gasteiger partial charge in [0.2, 0.25) is 6.41 Å². The Morgan fingerprint density at radius 1 is 1.62 bits per heavy atom. The van der Waals surface area contributed by atoms with E-state index >= 15 is 0 Å². The lowest BCUT2D eigenvalue weighted by Crippen LogP contribution is -2.23. The molecular weight excluding hydrogens is 164 g/mol. The molecule has 0 fully saturated rings. The molecule has 0 bridgehead atoms. The second-order valence-corrected chi connectivity index (χ2v) is 2.95. The third kappa shape index (κ3) is 2.28. The smallest absolute Gasteiger partial charge is 0.210 e. The molecule has 13 heavy (non-hydrogen) atoms. The average Bonchev–Trinajstić information content (AvgIpc) is 2.20. The quantitative estimate of drug-likeness (QED) is 0.656. The van der Waals surface area contributed by atoms with Crippen molar-refractivity contribution < 1.29 is 4.79 Å². The van der Waals surface area contributed by atoms with Crippen LogP contribution in [0.1, 0.15) is 25.1 Å². The Hall–Kier alpha value is -1.38. The van der Waals surface area contributed by atoms with Gasteiger partial charge in [-0.3, -0.25) is 9.78 Å². The Balaban J connectivity index is 2.84. The van der Waals surface area contributed by atoms with Crippen LogP contribution in [0.5, 0.6) is 0 Å². The standard InChI is InChI=1S/C10H14N2O/c1-3-10(12(2)8-13)9-6-4-5-7-11-9/h4-8,10H,3H2,1-2H3. The van der Waals surface area contributed by atoms with Gasteiger partial charge in [-0.25, -0.2) is 0 Å². The molecule has 1 aromatic heterocycles. The van der Waals surface area contributed by atoms with Crippen molar-refractivity contribution >= 4 is 6.41 Å². The summed E-state index contributed by atoms with van der Waals surface area (Å²) in [6.07, 6.45) is 3.46. The molecule has 3 nitrogen and oxygen atoms in total. The summed E-state index contributed by atoms with van der Waals surface area (Å²) in [5.41, 5.74) is 0.944. The van der Waals surface area contributed by atoms with Gasteiger partial charge in [-0.2, -0.15) is 0 Å². The molecule has 1 heterocycles. The number of aromatic nitrogens is 1. The molecule has 0 aliphatic heterocycles. The van der Waals surface area contributed by atoms with Gasteiger partial charge in [-0.05, 0) is 18.6 Å². The summed E-state index contributed by atoms with van der Waals surface area (Å²) in [6, 6.07) is 5.84. The third-order valence-corrected chi connectivity index (χ3v) is 2.07. The van der Waals surface area contributed by atoms with Crippen LogP contribution < -0.4 is 0 Å². The van der Waals surface area contributed by atoms with Crippen molar-refractivity contribution in [3.05, 3.63) is 30.1 Å². The SMILES string of the molecule is CCC(c1ccccn1)N(C)C=O. The maximum absolute atomic E-state index is 10.6. The molecule has 0 saturated carbocycles. The van der Waals surface area contributed by atoms with Crippen LogP contribution >= 0.6 is 0 Å². The van der Waals surface area contributed by atoms with Crippen molar-refractivity contribution in [3.8, 4) is 0 Å². The number of hydrogen-bond acceptors (Lipinski definition) is 2. The predicted octanol–water partition coefficient (Wildman–Crippen LogP) is 1.62. The number of carbonyl (C=O) groups is 1. The van der Waals surface area contributed by atoms with Crippen molar-refractivity contribution in [2.75, 3.05) is 7.05 Å². The van der Waals surface area contributed by atoms with Gasteiger partial charge in [-0.15, -0.1) is 0 Å². The van der Waals surface area contributed by atoms with E-state index in [1.54, 1.807) is 18.1 Å². The van der Waals surface area contributed by atoms with Gasteiger partial charge < -0.3 is 4.90 Å². The first-order valence-corrected chi connectivity index (χ1v) is 4.37. The molecule has 0 radical (unpaired) electrons. The van der Waals surface area contributed by atoms with Gasteiger partial charge in [0.15, 0.2) is 0 Å². The van der Waals surface area contributed by atoms with Gasteiger partial charge in [0.25, 0.3) is 0 Å². The van der Waals surface area contributed by atoms with E-state index in [2.05, 4.69) is 4.98 Å². The lowest BCUT2D eigenvalue weighted by atomic mass is 10.1. The van der Waals surface area contributed by atoms with Crippen LogP contribution in [0.3, 0.4) is 0 Å². The molecule has 0 saturated heterocycles. The van der Waals surface area contributed by atoms with Crippen molar-refractivity contribution in [1.29, 1.82) is 0 Å². The van der Waals surface area contributed by atoms with Crippen LogP contribution in [0.2, 0.25) is 0 Å². The van der Waals surface area contributed by atoms with Crippen LogP contribution in [-0.2, 0) is 4.79 Å². The minimum absolute atomic E-state index is 0.0960. The Kier molecular flexibility index (Phi) is 3.43. The molecule has 0 N–H and O–H groups in total. The number of rotatable bonds is 4. The minimum Gasteiger partial charge on any atom is -0.340 e. The van der Waals surface area contributed by atoms with Crippen molar-refractivity contribution in [2.45, 2.75) is 19.4 Å². The van der Waals surface area contributed by atoms with Crippen molar-refractivity contribution in [3.63, 3.8) is 0 Å². The molecule has 1 aromatic rings. The first-order valence-electron chi connectivity index (χ1n) is 4.37. The third-order valence-electron chi connectivity index (χ3n) is 2.07. The molecule has 0 aromatic carbocycles. The first-order chi connectivity index (χ1) is 6.29. The highest BCUT2D eigenvalue weighted by Gasteiger charge is 2.13. The zero-order valence-electron chi connectivity index (χ0n) is 7.97. The molecule has 1 atom stereocenters. The van der Waals surface area contributed by atoms with Crippen molar-refractivity contribution in [1.82, 2.24) is 9.88 Å². The molecule has 1 rings (SSSR count). The van der Waals surface area contributed by atoms with E-state index in [1.807, 2.05) is 25.1 Å². The number of hydrogen-bond donors (Lipinski definition) is 0. The number of carbonyl (C=O) groups excluding carboxylic acids is 1. The first kappa shape index (κ1) is 9.71. The second kappa shape index (κ2) is 4.60. The summed E-state index contributed by atoms with van der Waals surface area (Å²) in [4.78, 5) is 16.4. The average molecular weight is 178 g/mol. The van der Waals surface area contributed by atoms with E-state index in [9.17, 15) is 4.79 Å². The van der Waals surface area contributed by atoms with Gasteiger partial charge in [0.05, 0.1) is 11.7 Å². The van der Waals surface area contributed by atoms with Crippen LogP contribution in [0.4, 0.5) is 0 Å². The highest BCUT2D eigenvalue weighted by molar-refractivity contribution is 5.47. The minimum atomic E-state index is 0.0960. The van der Waals surface area contributed by atoms with Crippen LogP contribution in [0.25, 0.3) is 0 Å². The van der Waals surface area contributed by atoms with Crippen LogP contribution in [-0.4, -0.2) is 23.3 Å². The molecule has 1 unspecified atom stereocenters. The molecule has 70 valence electrons. The topological polar surface area (TPSA) is 33.2 Å². The zero-order valence-corrected chi connectivity index (χ0v) is 7.97. The van der Waals surface area contributed by atoms with Gasteiger partial charge in [0.1, 0.15) is 0 Å². The summed E-state index contributed by atoms with van der Waals surface area (Å²) in [7, 11) is 1.77. The summed E-state index contributed by atoms with van der Waals surface area (Å²) in [6.45, 7) is 2.04. The normalized spacial score (nSPS) is 12.2. The van der Waals surface area contributed by atoms with Gasteiger partial charge in [0, 0.05) is 13.2 Å². The largest absolute Gasteiger partial charge is 0.340 e. The molecule has 0 spiro atoms. The Bertz CT molecular complexity index is 261. The highest BCUT2D eigenvalue weighted by atomic mass is 16.1. The van der Waals surface area contributed by atoms with Gasteiger partial charge >= 0.3 is 0 Å². The number of amides is 1. The molecule has 1 amide bonds. The van der Waals surface area contributed by atoms with E-state index in [4.69, 9.17) is 0 Å². The summed E-state index contributed by atoms with van der Waals surface area (Å²) in [5.74, 6) is 0. The fraction of sp³-hybridized carbons (Fsp3) is 0.400. The molecular formula is C10H14N2O. The molecule has 3 heteroatoms. The number of pyridine rings is 1. The summed E-state index contributed by atoms with van der Waals surface area (Å²) >= 11 is 0. The van der Waals surface area contributed by atoms with Gasteiger partial charge in [-0.1, -0.05) is 13.0 Å². The monoisotopic (exact) mass is 178 g/mol. The lowest BCUT2D eigenvalue weighted by Gasteiger charge is -2.22. The Morgan fingerprint density at radius 2 is 2.38 bits per heavy atom. The van der Waals surface area contributed by atoms with E-state index in [0.29, 0.717) is 0 Å². The van der Waals surface area contributed by atoms with Crippen molar-refractivity contribution in [2.24, 2.45) is 0 Å². The Morgan fingerprint density at radius 3 is 2.85 bits per heavy atom. The lowest BCUT2D eigenvalue weighted by molar-refractivity contribution is -0.119. The van der Waals surface area contributed by atoms with E-state index < -0.39 is 0 Å². The predicted molar refractivity (Wildman–Crippen MR) is 51.1 cm³/mol. The Labute approximate surface area is 78.4 Å². The summed E-state index contributed by atoms with van der Waals surface area (Å²) < 4.78 is 0. The fourth-order valence-corrected chi connectivity index (χ4v) is 1.35. The van der Waals surface area contributed by atoms with E-state index in [-0.39, 0.29) is 6.04 Å². The zero-order chi connectivity index (χ0) is 9.68. The fourth-order valence-electron chi connectivity index (χ4n) is 1.35. The molecule has 0 aliphatic carbocycles. The maximum Gasteiger partial charge on any atom is 0.210 e. The number of nitrogens with zero attached hydrogens (tertiary/aromatic N) is 2. The summed E-state index contributed by atoms with van der Waals surface area (Å²) in [5, 5.41) is 0. The van der Waals surface area contributed by atoms with Crippen LogP contribution in [0.15, 0.2) is 24.4 Å². The highest BCUT2D eigenvalue weighted by Crippen LogP contribution is 2.18. The van der Waals surface area contributed by atoms with E-state index in [1.165, 1.54) is 0 Å². The van der Waals surface area contributed by atoms with Crippen LogP contribution in [0, 0.1) is 0 Å².